The van der Waals surface area contributed by atoms with Crippen LogP contribution >= 0.6 is 0 Å². The summed E-state index contributed by atoms with van der Waals surface area (Å²) in [6.45, 7) is 0. The molecule has 1 N–H and O–H groups in total. The van der Waals surface area contributed by atoms with Gasteiger partial charge in [0.2, 0.25) is 0 Å². The average molecular weight is 192 g/mol. The van der Waals surface area contributed by atoms with E-state index in [2.05, 4.69) is 0 Å². The molecule has 0 aromatic rings. The maximum absolute atomic E-state index is 8.40. The standard InChI is InChI=1S/Be.O2Si.H2O.O.Y.H/c;1-3-2;;;;/h;;1H2;;;/q+1;;;;;/p-1. The van der Waals surface area contributed by atoms with Gasteiger partial charge in [0.25, 0.3) is 0 Å². The van der Waals surface area contributed by atoms with E-state index in [1.807, 2.05) is 0 Å². The number of rotatable bonds is 0. The van der Waals surface area contributed by atoms with Crippen molar-refractivity contribution in [1.29, 1.82) is 0 Å². The molecule has 7 heteroatoms. The third-order valence-corrected chi connectivity index (χ3v) is 0. The zero-order valence-corrected chi connectivity index (χ0v) is 7.59. The van der Waals surface area contributed by atoms with Crippen molar-refractivity contribution < 1.29 is 47.5 Å². The van der Waals surface area contributed by atoms with E-state index in [4.69, 9.17) is 11.0 Å². The van der Waals surface area contributed by atoms with Crippen LogP contribution in [0.3, 0.4) is 0 Å². The Balaban J connectivity index is -0.0000000105. The molecule has 0 amide bonds. The van der Waals surface area contributed by atoms with Crippen molar-refractivity contribution >= 4 is 19.4 Å². The first-order valence-electron chi connectivity index (χ1n) is 0.644. The van der Waals surface area contributed by atoms with Gasteiger partial charge in [-0.15, -0.1) is 0 Å². The summed E-state index contributed by atoms with van der Waals surface area (Å²) >= 11 is 0.100. The molecule has 0 saturated carbocycles. The average Bonchev–Trinajstić information content (AvgIpc) is 1.46. The Hall–Kier alpha value is 0.850. The molecule has 0 aromatic heterocycles. The molecule has 0 aromatic carbocycles. The molecule has 0 bridgehead atoms. The topological polar surface area (TPSA) is 81.2 Å². The molecule has 35 valence electrons. The molecule has 0 unspecified atom stereocenters. The molecule has 0 aliphatic heterocycles. The fourth-order valence-electron chi connectivity index (χ4n) is 0. The van der Waals surface area contributed by atoms with Crippen molar-refractivity contribution in [2.45, 2.75) is 0 Å². The molecule has 0 spiro atoms. The van der Waals surface area contributed by atoms with Crippen LogP contribution in [0, 0.1) is 0 Å². The van der Waals surface area contributed by atoms with Crippen LogP contribution in [-0.2, 0) is 42.0 Å². The quantitative estimate of drug-likeness (QED) is 0.434. The summed E-state index contributed by atoms with van der Waals surface area (Å²) in [4.78, 5) is 0. The number of hydrogen-bond acceptors (Lipinski definition) is 4. The van der Waals surface area contributed by atoms with E-state index in [9.17, 15) is 0 Å². The van der Waals surface area contributed by atoms with Crippen molar-refractivity contribution in [1.82, 2.24) is 0 Å². The molecular weight excluding hydrogens is 190 g/mol. The summed E-state index contributed by atoms with van der Waals surface area (Å²) in [5, 5.41) is 0. The molecule has 0 saturated heterocycles. The van der Waals surface area contributed by atoms with Gasteiger partial charge in [-0.3, -0.25) is 8.92 Å². The van der Waals surface area contributed by atoms with Gasteiger partial charge in [0.05, 0.1) is 0 Å². The Morgan fingerprint density at radius 3 is 1.14 bits per heavy atom. The summed E-state index contributed by atoms with van der Waals surface area (Å²) in [6, 6.07) is 0. The van der Waals surface area contributed by atoms with Gasteiger partial charge in [0.1, 0.15) is 0 Å². The van der Waals surface area contributed by atoms with E-state index >= 15 is 0 Å². The first-order valence-corrected chi connectivity index (χ1v) is 2.62. The third kappa shape index (κ3) is 223. The fourth-order valence-corrected chi connectivity index (χ4v) is 0. The van der Waals surface area contributed by atoms with Crippen molar-refractivity contribution in [2.24, 2.45) is 0 Å². The molecule has 0 fully saturated rings. The van der Waals surface area contributed by atoms with E-state index in [1.165, 1.54) is 0 Å². The van der Waals surface area contributed by atoms with Crippen LogP contribution in [0.1, 0.15) is 0 Å². The minimum atomic E-state index is -1.42. The van der Waals surface area contributed by atoms with E-state index in [-0.39, 0.29) is 46.6 Å². The van der Waals surface area contributed by atoms with Crippen LogP contribution in [0.25, 0.3) is 0 Å². The van der Waals surface area contributed by atoms with Crippen molar-refractivity contribution in [3.8, 4) is 0 Å². The van der Waals surface area contributed by atoms with Crippen LogP contribution in [0.2, 0.25) is 0 Å². The normalized spacial score (nSPS) is 2.00. The van der Waals surface area contributed by atoms with Gasteiger partial charge < -0.3 is 5.48 Å². The Labute approximate surface area is 66.6 Å². The molecule has 0 radical (unpaired) electrons. The van der Waals surface area contributed by atoms with Crippen LogP contribution in [0.4, 0.5) is 0 Å². The van der Waals surface area contributed by atoms with E-state index in [1.54, 1.807) is 0 Å². The molecular formula is H2BeO4SiY. The first-order chi connectivity index (χ1) is 2.41. The van der Waals surface area contributed by atoms with Gasteiger partial charge in [-0.25, -0.2) is 0 Å². The van der Waals surface area contributed by atoms with Crippen LogP contribution < -0.4 is 0 Å². The van der Waals surface area contributed by atoms with Gasteiger partial charge in [-0.2, -0.15) is 0 Å². The Morgan fingerprint density at radius 1 is 1.14 bits per heavy atom. The Kier molecular flexibility index (Phi) is 243. The minimum absolute atomic E-state index is 0. The van der Waals surface area contributed by atoms with Crippen LogP contribution in [0.5, 0.6) is 0 Å². The predicted molar refractivity (Wildman–Crippen MR) is 16.9 cm³/mol. The second kappa shape index (κ2) is 68.5. The second-order valence-corrected chi connectivity index (χ2v) is 0.250. The summed E-state index contributed by atoms with van der Waals surface area (Å²) in [6.07, 6.45) is 0. The predicted octanol–water partition coefficient (Wildman–Crippen LogP) is -1.56. The third-order valence-electron chi connectivity index (χ3n) is 0. The van der Waals surface area contributed by atoms with Crippen molar-refractivity contribution in [2.75, 3.05) is 0 Å². The van der Waals surface area contributed by atoms with E-state index in [0.717, 1.165) is 0 Å². The van der Waals surface area contributed by atoms with Crippen LogP contribution in [-0.4, -0.2) is 24.9 Å². The first kappa shape index (κ1) is 24.9. The zero-order valence-electron chi connectivity index (χ0n) is 3.75. The second-order valence-electron chi connectivity index (χ2n) is 0.0833. The monoisotopic (exact) mass is 192 g/mol. The summed E-state index contributed by atoms with van der Waals surface area (Å²) in [5.74, 6) is 0. The SMILES string of the molecule is O=[Si]=O.[BeH+].[OH-].[O]=[Y]. The zero-order chi connectivity index (χ0) is 4.71. The molecule has 0 aliphatic carbocycles. The maximum atomic E-state index is 8.40. The van der Waals surface area contributed by atoms with E-state index in [0.29, 0.717) is 0 Å². The summed E-state index contributed by atoms with van der Waals surface area (Å²) in [5.41, 5.74) is 0. The van der Waals surface area contributed by atoms with Gasteiger partial charge in [0.15, 0.2) is 0 Å². The summed E-state index contributed by atoms with van der Waals surface area (Å²) < 4.78 is 25.2. The van der Waals surface area contributed by atoms with Gasteiger partial charge in [0, 0.05) is 0 Å². The molecule has 0 heterocycles. The van der Waals surface area contributed by atoms with Crippen molar-refractivity contribution in [3.05, 3.63) is 0 Å². The molecule has 0 atom stereocenters. The fraction of sp³-hybridized carbons (Fsp3) is 0. The molecule has 0 aliphatic rings. The van der Waals surface area contributed by atoms with Gasteiger partial charge in [-0.1, -0.05) is 0 Å². The van der Waals surface area contributed by atoms with Crippen molar-refractivity contribution in [3.63, 3.8) is 0 Å². The molecule has 4 nitrogen and oxygen atoms in total. The Morgan fingerprint density at radius 2 is 1.14 bits per heavy atom. The molecule has 0 rings (SSSR count). The van der Waals surface area contributed by atoms with E-state index < -0.39 is 9.29 Å². The van der Waals surface area contributed by atoms with Gasteiger partial charge in [-0.05, 0) is 0 Å². The Bertz CT molecular complexity index is 41.0. The number of hydrogen-bond donors (Lipinski definition) is 0. The molecule has 7 heavy (non-hydrogen) atoms. The van der Waals surface area contributed by atoms with Gasteiger partial charge >= 0.3 is 52.5 Å². The van der Waals surface area contributed by atoms with Crippen LogP contribution in [0.15, 0.2) is 0 Å². The summed E-state index contributed by atoms with van der Waals surface area (Å²) in [7, 11) is -1.42.